The number of nitrogens with zero attached hydrogens (tertiary/aromatic N) is 1. The summed E-state index contributed by atoms with van der Waals surface area (Å²) in [5.41, 5.74) is -2.49. The SMILES string of the molecule is [2H]C1([2H])CC[C@@]2(C([2H])([2H])C(C)C)C[C@@]3(C[C@@H]3F)C([2H])([2H])N12. The van der Waals surface area contributed by atoms with E-state index in [2.05, 4.69) is 0 Å². The lowest BCUT2D eigenvalue weighted by atomic mass is 9.82. The number of rotatable bonds is 2. The minimum atomic E-state index is -2.14. The Labute approximate surface area is 100 Å². The van der Waals surface area contributed by atoms with Gasteiger partial charge < -0.3 is 0 Å². The molecular formula is C13H22FN. The Morgan fingerprint density at radius 1 is 1.67 bits per heavy atom. The maximum Gasteiger partial charge on any atom is 0.108 e. The van der Waals surface area contributed by atoms with Crippen LogP contribution >= 0.6 is 0 Å². The Bertz CT molecular complexity index is 481. The second kappa shape index (κ2) is 2.97. The Morgan fingerprint density at radius 2 is 2.40 bits per heavy atom. The first-order valence-electron chi connectivity index (χ1n) is 8.80. The number of alkyl halides is 1. The molecule has 1 aliphatic carbocycles. The smallest absolute Gasteiger partial charge is 0.108 e. The van der Waals surface area contributed by atoms with Crippen LogP contribution in [0, 0.1) is 11.3 Å². The van der Waals surface area contributed by atoms with E-state index in [1.807, 2.05) is 0 Å². The van der Waals surface area contributed by atoms with Crippen molar-refractivity contribution in [3.63, 3.8) is 0 Å². The molecule has 2 heteroatoms. The largest absolute Gasteiger partial charge is 0.297 e. The van der Waals surface area contributed by atoms with Crippen LogP contribution in [-0.4, -0.2) is 29.6 Å². The molecule has 3 atom stereocenters. The second-order valence-corrected chi connectivity index (χ2v) is 5.44. The molecule has 0 bridgehead atoms. The van der Waals surface area contributed by atoms with E-state index in [0.717, 1.165) is 4.90 Å². The summed E-state index contributed by atoms with van der Waals surface area (Å²) in [4.78, 5) is 1.06. The molecule has 0 amide bonds. The Morgan fingerprint density at radius 3 is 3.00 bits per heavy atom. The molecule has 0 aromatic carbocycles. The second-order valence-electron chi connectivity index (χ2n) is 5.44. The molecule has 2 aliphatic heterocycles. The third-order valence-electron chi connectivity index (χ3n) is 3.72. The zero-order valence-electron chi connectivity index (χ0n) is 15.3. The van der Waals surface area contributed by atoms with Crippen LogP contribution in [0.15, 0.2) is 0 Å². The van der Waals surface area contributed by atoms with Gasteiger partial charge >= 0.3 is 0 Å². The summed E-state index contributed by atoms with van der Waals surface area (Å²) in [6.07, 6.45) is -2.60. The van der Waals surface area contributed by atoms with Gasteiger partial charge in [-0.05, 0) is 44.5 Å². The van der Waals surface area contributed by atoms with Crippen molar-refractivity contribution in [2.75, 3.05) is 13.0 Å². The van der Waals surface area contributed by atoms with Gasteiger partial charge in [0.15, 0.2) is 0 Å². The Balaban J connectivity index is 2.16. The maximum atomic E-state index is 14.0. The molecule has 0 unspecified atom stereocenters. The van der Waals surface area contributed by atoms with Crippen molar-refractivity contribution in [3.8, 4) is 0 Å². The van der Waals surface area contributed by atoms with Crippen molar-refractivity contribution in [2.45, 2.75) is 57.6 Å². The van der Waals surface area contributed by atoms with Gasteiger partial charge in [-0.3, -0.25) is 4.90 Å². The third kappa shape index (κ3) is 1.37. The highest BCUT2D eigenvalue weighted by Gasteiger charge is 2.66. The normalized spacial score (nSPS) is 62.8. The third-order valence-corrected chi connectivity index (χ3v) is 3.72. The molecule has 1 spiro atoms. The van der Waals surface area contributed by atoms with E-state index in [4.69, 9.17) is 8.22 Å². The molecule has 0 radical (unpaired) electrons. The van der Waals surface area contributed by atoms with Gasteiger partial charge in [-0.1, -0.05) is 13.8 Å². The molecule has 1 saturated carbocycles. The van der Waals surface area contributed by atoms with E-state index in [1.54, 1.807) is 13.8 Å². The van der Waals surface area contributed by atoms with Crippen molar-refractivity contribution < 1.29 is 12.6 Å². The van der Waals surface area contributed by atoms with Crippen molar-refractivity contribution in [1.29, 1.82) is 0 Å². The quantitative estimate of drug-likeness (QED) is 0.687. The molecular weight excluding hydrogens is 189 g/mol. The molecule has 3 aliphatic rings. The van der Waals surface area contributed by atoms with Crippen molar-refractivity contribution >= 4 is 0 Å². The zero-order valence-corrected chi connectivity index (χ0v) is 9.31. The highest BCUT2D eigenvalue weighted by Crippen LogP contribution is 2.63. The number of hydrogen-bond donors (Lipinski definition) is 0. The van der Waals surface area contributed by atoms with Crippen molar-refractivity contribution in [3.05, 3.63) is 0 Å². The first-order chi connectivity index (χ1) is 9.35. The first-order valence-corrected chi connectivity index (χ1v) is 5.80. The van der Waals surface area contributed by atoms with Gasteiger partial charge in [-0.25, -0.2) is 4.39 Å². The zero-order chi connectivity index (χ0) is 16.1. The highest BCUT2D eigenvalue weighted by atomic mass is 19.1. The van der Waals surface area contributed by atoms with Crippen LogP contribution in [0.4, 0.5) is 4.39 Å². The summed E-state index contributed by atoms with van der Waals surface area (Å²) in [5.74, 6) is -0.392. The standard InChI is InChI=1S/C13H22FN/c1-10(2)6-13-4-3-5-15(13)9-12(8-13)7-11(12)14/h10-11H,3-9H2,1-2H3/t11-,12-,13+/m0/s1/i5D2,6D2,9D2. The van der Waals surface area contributed by atoms with Crippen LogP contribution in [0.3, 0.4) is 0 Å². The van der Waals surface area contributed by atoms with E-state index in [1.165, 1.54) is 0 Å². The van der Waals surface area contributed by atoms with Gasteiger partial charge in [0, 0.05) is 25.7 Å². The molecule has 86 valence electrons. The van der Waals surface area contributed by atoms with Gasteiger partial charge in [0.05, 0.1) is 0 Å². The van der Waals surface area contributed by atoms with Crippen LogP contribution < -0.4 is 0 Å². The van der Waals surface area contributed by atoms with E-state index < -0.39 is 42.4 Å². The average Bonchev–Trinajstić information content (AvgIpc) is 2.78. The summed E-state index contributed by atoms with van der Waals surface area (Å²) in [7, 11) is 0. The predicted octanol–water partition coefficient (Wildman–Crippen LogP) is 3.00. The predicted molar refractivity (Wildman–Crippen MR) is 59.6 cm³/mol. The molecule has 15 heavy (non-hydrogen) atoms. The molecule has 0 aromatic heterocycles. The Kier molecular flexibility index (Phi) is 1.08. The van der Waals surface area contributed by atoms with Gasteiger partial charge in [-0.15, -0.1) is 0 Å². The van der Waals surface area contributed by atoms with Gasteiger partial charge in [0.2, 0.25) is 0 Å². The number of hydrogen-bond acceptors (Lipinski definition) is 1. The summed E-state index contributed by atoms with van der Waals surface area (Å²) in [6, 6.07) is 0. The van der Waals surface area contributed by atoms with E-state index in [-0.39, 0.29) is 25.7 Å². The minimum Gasteiger partial charge on any atom is -0.297 e. The lowest BCUT2D eigenvalue weighted by Gasteiger charge is -2.33. The number of halogens is 1. The van der Waals surface area contributed by atoms with E-state index >= 15 is 0 Å². The summed E-state index contributed by atoms with van der Waals surface area (Å²) < 4.78 is 64.0. The lowest BCUT2D eigenvalue weighted by molar-refractivity contribution is 0.163. The topological polar surface area (TPSA) is 3.24 Å². The molecule has 1 nitrogen and oxygen atoms in total. The van der Waals surface area contributed by atoms with E-state index in [9.17, 15) is 4.39 Å². The van der Waals surface area contributed by atoms with Crippen LogP contribution in [0.25, 0.3) is 0 Å². The van der Waals surface area contributed by atoms with Crippen LogP contribution in [-0.2, 0) is 0 Å². The van der Waals surface area contributed by atoms with Crippen LogP contribution in [0.1, 0.15) is 54.1 Å². The maximum absolute atomic E-state index is 14.0. The number of fused-ring (bicyclic) bond motifs is 1. The highest BCUT2D eigenvalue weighted by molar-refractivity contribution is 5.18. The van der Waals surface area contributed by atoms with Gasteiger partial charge in [-0.2, -0.15) is 0 Å². The van der Waals surface area contributed by atoms with Gasteiger partial charge in [0.25, 0.3) is 0 Å². The molecule has 0 N–H and O–H groups in total. The molecule has 3 fully saturated rings. The van der Waals surface area contributed by atoms with E-state index in [0.29, 0.717) is 0 Å². The molecule has 0 aromatic rings. The van der Waals surface area contributed by atoms with Crippen molar-refractivity contribution in [2.24, 2.45) is 11.3 Å². The summed E-state index contributed by atoms with van der Waals surface area (Å²) >= 11 is 0. The van der Waals surface area contributed by atoms with Crippen LogP contribution in [0.2, 0.25) is 0 Å². The summed E-state index contributed by atoms with van der Waals surface area (Å²) in [5, 5.41) is 0. The molecule has 2 saturated heterocycles. The lowest BCUT2D eigenvalue weighted by Crippen LogP contribution is -2.39. The Hall–Kier alpha value is -0.110. The van der Waals surface area contributed by atoms with Crippen LogP contribution in [0.5, 0.6) is 0 Å². The first kappa shape index (κ1) is 5.48. The van der Waals surface area contributed by atoms with Crippen molar-refractivity contribution in [1.82, 2.24) is 4.90 Å². The molecule has 3 rings (SSSR count). The average molecular weight is 217 g/mol. The fourth-order valence-electron chi connectivity index (χ4n) is 3.02. The minimum absolute atomic E-state index is 0.0683. The monoisotopic (exact) mass is 217 g/mol. The summed E-state index contributed by atoms with van der Waals surface area (Å²) in [6.45, 7) is -0.630. The van der Waals surface area contributed by atoms with Gasteiger partial charge in [0.1, 0.15) is 6.17 Å². The molecule has 2 heterocycles. The fraction of sp³-hybridized carbons (Fsp3) is 1.00. The fourth-order valence-corrected chi connectivity index (χ4v) is 3.02.